The summed E-state index contributed by atoms with van der Waals surface area (Å²) in [7, 11) is 0. The first-order valence-electron chi connectivity index (χ1n) is 6.42. The molecule has 0 saturated heterocycles. The first-order valence-corrected chi connectivity index (χ1v) is 6.42. The van der Waals surface area contributed by atoms with Gasteiger partial charge >= 0.3 is 5.97 Å². The number of rotatable bonds is 4. The lowest BCUT2D eigenvalue weighted by molar-refractivity contribution is -0.385. The third kappa shape index (κ3) is 3.53. The second kappa shape index (κ2) is 6.31. The lowest BCUT2D eigenvalue weighted by Crippen LogP contribution is -2.18. The van der Waals surface area contributed by atoms with Gasteiger partial charge in [-0.1, -0.05) is 31.4 Å². The molecule has 5 nitrogen and oxygen atoms in total. The second-order valence-corrected chi connectivity index (χ2v) is 4.63. The summed E-state index contributed by atoms with van der Waals surface area (Å²) in [6.07, 6.45) is 4.78. The number of hydrogen-bond acceptors (Lipinski definition) is 4. The number of nitro benzene ring substituents is 1. The Hall–Kier alpha value is -1.91. The fourth-order valence-corrected chi connectivity index (χ4v) is 2.24. The molecule has 19 heavy (non-hydrogen) atoms. The molecule has 0 amide bonds. The van der Waals surface area contributed by atoms with Gasteiger partial charge in [0.1, 0.15) is 6.61 Å². The van der Waals surface area contributed by atoms with Crippen LogP contribution >= 0.6 is 0 Å². The van der Waals surface area contributed by atoms with Crippen LogP contribution in [-0.2, 0) is 16.1 Å². The average Bonchev–Trinajstić information content (AvgIpc) is 2.46. The predicted octanol–water partition coefficient (Wildman–Crippen LogP) is 3.18. The van der Waals surface area contributed by atoms with Gasteiger partial charge in [-0.25, -0.2) is 0 Å². The van der Waals surface area contributed by atoms with E-state index in [1.54, 1.807) is 18.2 Å². The second-order valence-electron chi connectivity index (χ2n) is 4.63. The fraction of sp³-hybridized carbons (Fsp3) is 0.429. The summed E-state index contributed by atoms with van der Waals surface area (Å²) < 4.78 is 5.18. The molecule has 1 aliphatic carbocycles. The minimum Gasteiger partial charge on any atom is -0.460 e. The Bertz CT molecular complexity index is 466. The van der Waals surface area contributed by atoms with E-state index in [1.165, 1.54) is 6.07 Å². The minimum absolute atomic E-state index is 0.0102. The van der Waals surface area contributed by atoms with Crippen LogP contribution in [0.15, 0.2) is 24.3 Å². The lowest BCUT2D eigenvalue weighted by Gasteiger charge is -2.19. The number of carbonyl (C=O) groups is 1. The number of nitrogens with zero attached hydrogens (tertiary/aromatic N) is 1. The Labute approximate surface area is 111 Å². The van der Waals surface area contributed by atoms with E-state index < -0.39 is 4.92 Å². The fourth-order valence-electron chi connectivity index (χ4n) is 2.24. The Morgan fingerprint density at radius 3 is 2.58 bits per heavy atom. The number of para-hydroxylation sites is 1. The van der Waals surface area contributed by atoms with Crippen LogP contribution < -0.4 is 0 Å². The molecule has 0 spiro atoms. The van der Waals surface area contributed by atoms with Gasteiger partial charge in [0.05, 0.1) is 16.4 Å². The monoisotopic (exact) mass is 262 g/mol. The van der Waals surface area contributed by atoms with Crippen LogP contribution in [0.5, 0.6) is 0 Å². The van der Waals surface area contributed by atoms with Crippen molar-refractivity contribution in [2.24, 2.45) is 0 Å². The third-order valence-corrected chi connectivity index (χ3v) is 3.29. The van der Waals surface area contributed by atoms with E-state index in [-0.39, 0.29) is 18.3 Å². The van der Waals surface area contributed by atoms with E-state index in [0.29, 0.717) is 5.56 Å². The number of esters is 1. The van der Waals surface area contributed by atoms with E-state index in [1.807, 2.05) is 0 Å². The number of carbonyl (C=O) groups excluding carboxylic acids is 1. The van der Waals surface area contributed by atoms with E-state index in [0.717, 1.165) is 38.0 Å². The van der Waals surface area contributed by atoms with Crippen LogP contribution in [0.25, 0.3) is 0 Å². The van der Waals surface area contributed by atoms with Gasteiger partial charge in [0.2, 0.25) is 0 Å². The summed E-state index contributed by atoms with van der Waals surface area (Å²) in [5, 5.41) is 10.8. The van der Waals surface area contributed by atoms with Crippen LogP contribution in [0.1, 0.15) is 37.7 Å². The third-order valence-electron chi connectivity index (χ3n) is 3.29. The van der Waals surface area contributed by atoms with Gasteiger partial charge in [-0.2, -0.15) is 0 Å². The van der Waals surface area contributed by atoms with Crippen LogP contribution in [0.3, 0.4) is 0 Å². The summed E-state index contributed by atoms with van der Waals surface area (Å²) in [5.41, 5.74) is 0.418. The van der Waals surface area contributed by atoms with Gasteiger partial charge in [0, 0.05) is 6.07 Å². The Morgan fingerprint density at radius 1 is 1.21 bits per heavy atom. The normalized spacial score (nSPS) is 16.0. The highest BCUT2D eigenvalue weighted by atomic mass is 16.6. The molecule has 1 saturated carbocycles. The average molecular weight is 262 g/mol. The van der Waals surface area contributed by atoms with Crippen molar-refractivity contribution in [1.82, 2.24) is 0 Å². The molecule has 0 N–H and O–H groups in total. The summed E-state index contributed by atoms with van der Waals surface area (Å²) in [6, 6.07) is 6.32. The molecule has 0 bridgehead atoms. The van der Waals surface area contributed by atoms with Gasteiger partial charge in [-0.3, -0.25) is 14.9 Å². The van der Waals surface area contributed by atoms with Crippen molar-refractivity contribution < 1.29 is 14.5 Å². The summed E-state index contributed by atoms with van der Waals surface area (Å²) in [4.78, 5) is 22.2. The van der Waals surface area contributed by atoms with Crippen LogP contribution in [-0.4, -0.2) is 10.9 Å². The first kappa shape index (κ1) is 13.5. The molecule has 0 unspecified atom stereocenters. The largest absolute Gasteiger partial charge is 0.460 e. The van der Waals surface area contributed by atoms with E-state index in [2.05, 4.69) is 0 Å². The van der Waals surface area contributed by atoms with Crippen molar-refractivity contribution in [3.8, 4) is 0 Å². The molecule has 1 aromatic rings. The standard InChI is InChI=1S/C14H16NO4/c16-14(11-6-2-1-3-7-11)19-10-12-8-4-5-9-13(12)15(17)18/h4-5,8-9H,1-3,6-7,10H2. The Morgan fingerprint density at radius 2 is 1.89 bits per heavy atom. The van der Waals surface area contributed by atoms with Gasteiger partial charge in [0.15, 0.2) is 0 Å². The highest BCUT2D eigenvalue weighted by Crippen LogP contribution is 2.27. The molecule has 1 fully saturated rings. The van der Waals surface area contributed by atoms with E-state index >= 15 is 0 Å². The molecule has 0 aromatic heterocycles. The number of hydrogen-bond donors (Lipinski definition) is 0. The first-order chi connectivity index (χ1) is 9.18. The summed E-state index contributed by atoms with van der Waals surface area (Å²) in [6.45, 7) is -0.0422. The molecule has 1 aliphatic rings. The topological polar surface area (TPSA) is 69.4 Å². The van der Waals surface area contributed by atoms with Gasteiger partial charge in [-0.05, 0) is 18.9 Å². The van der Waals surface area contributed by atoms with Crippen molar-refractivity contribution in [3.63, 3.8) is 0 Å². The van der Waals surface area contributed by atoms with Gasteiger partial charge < -0.3 is 4.74 Å². The number of benzene rings is 1. The quantitative estimate of drug-likeness (QED) is 0.474. The number of nitro groups is 1. The zero-order chi connectivity index (χ0) is 13.7. The molecule has 0 heterocycles. The number of ether oxygens (including phenoxy) is 1. The molecule has 2 rings (SSSR count). The van der Waals surface area contributed by atoms with Crippen LogP contribution in [0.2, 0.25) is 0 Å². The SMILES string of the molecule is O=C(OCc1ccccc1[N+](=O)[O-])[C]1CCCCC1. The molecule has 0 aliphatic heterocycles. The zero-order valence-corrected chi connectivity index (χ0v) is 10.6. The highest BCUT2D eigenvalue weighted by Gasteiger charge is 2.24. The van der Waals surface area contributed by atoms with E-state index in [4.69, 9.17) is 4.74 Å². The van der Waals surface area contributed by atoms with Crippen molar-refractivity contribution in [1.29, 1.82) is 0 Å². The molecule has 0 atom stereocenters. The highest BCUT2D eigenvalue weighted by molar-refractivity contribution is 5.84. The molecule has 101 valence electrons. The molecule has 1 radical (unpaired) electrons. The van der Waals surface area contributed by atoms with Crippen molar-refractivity contribution in [3.05, 3.63) is 45.9 Å². The molecular formula is C14H16NO4. The van der Waals surface area contributed by atoms with Crippen molar-refractivity contribution in [2.45, 2.75) is 38.7 Å². The van der Waals surface area contributed by atoms with Crippen molar-refractivity contribution in [2.75, 3.05) is 0 Å². The maximum Gasteiger partial charge on any atom is 0.313 e. The molecule has 1 aromatic carbocycles. The minimum atomic E-state index is -0.461. The summed E-state index contributed by atoms with van der Waals surface area (Å²) >= 11 is 0. The smallest absolute Gasteiger partial charge is 0.313 e. The van der Waals surface area contributed by atoms with Gasteiger partial charge in [0.25, 0.3) is 5.69 Å². The Balaban J connectivity index is 1.94. The molecular weight excluding hydrogens is 246 g/mol. The van der Waals surface area contributed by atoms with Crippen LogP contribution in [0.4, 0.5) is 5.69 Å². The van der Waals surface area contributed by atoms with E-state index in [9.17, 15) is 14.9 Å². The predicted molar refractivity (Wildman–Crippen MR) is 69.2 cm³/mol. The maximum atomic E-state index is 11.8. The summed E-state index contributed by atoms with van der Waals surface area (Å²) in [5.74, 6) is 0.502. The van der Waals surface area contributed by atoms with Crippen LogP contribution in [0, 0.1) is 16.0 Å². The zero-order valence-electron chi connectivity index (χ0n) is 10.6. The van der Waals surface area contributed by atoms with Crippen molar-refractivity contribution >= 4 is 11.7 Å². The molecule has 5 heteroatoms. The van der Waals surface area contributed by atoms with Gasteiger partial charge in [-0.15, -0.1) is 0 Å². The maximum absolute atomic E-state index is 11.8. The lowest BCUT2D eigenvalue weighted by atomic mass is 9.89. The Kier molecular flexibility index (Phi) is 4.49.